The summed E-state index contributed by atoms with van der Waals surface area (Å²) in [6, 6.07) is 11.0. The fraction of sp³-hybridized carbons (Fsp3) is 0.222. The summed E-state index contributed by atoms with van der Waals surface area (Å²) in [5, 5.41) is 5.50. The van der Waals surface area contributed by atoms with E-state index in [2.05, 4.69) is 10.6 Å². The Kier molecular flexibility index (Phi) is 5.65. The molecular weight excluding hydrogens is 309 g/mol. The lowest BCUT2D eigenvalue weighted by Gasteiger charge is -2.11. The zero-order chi connectivity index (χ0) is 17.7. The Hall–Kier alpha value is -2.73. The topological polar surface area (TPSA) is 61.4 Å². The van der Waals surface area contributed by atoms with Gasteiger partial charge in [-0.15, -0.1) is 0 Å². The molecule has 5 nitrogen and oxygen atoms in total. The van der Waals surface area contributed by atoms with Crippen molar-refractivity contribution < 1.29 is 14.0 Å². The number of hydrogen-bond acceptors (Lipinski definition) is 3. The molecule has 2 amide bonds. The number of carbonyl (C=O) groups is 2. The van der Waals surface area contributed by atoms with Gasteiger partial charge in [0.15, 0.2) is 0 Å². The average Bonchev–Trinajstić information content (AvgIpc) is 2.51. The molecule has 0 saturated heterocycles. The molecule has 0 radical (unpaired) electrons. The largest absolute Gasteiger partial charge is 0.325 e. The molecule has 0 aliphatic carbocycles. The first-order chi connectivity index (χ1) is 11.3. The molecule has 2 rings (SSSR count). The van der Waals surface area contributed by atoms with Crippen LogP contribution < -0.4 is 10.6 Å². The Morgan fingerprint density at radius 3 is 2.12 bits per heavy atom. The standard InChI is InChI=1S/C18H20FN3O2/c1-12-10-13(4-9-16(12)19)18(24)21-15-7-5-14(6-8-15)20-17(23)11-22(2)3/h4-10H,11H2,1-3H3,(H,20,23)(H,21,24). The lowest BCUT2D eigenvalue weighted by molar-refractivity contribution is -0.116. The van der Waals surface area contributed by atoms with Gasteiger partial charge < -0.3 is 15.5 Å². The van der Waals surface area contributed by atoms with E-state index in [0.29, 0.717) is 29.0 Å². The van der Waals surface area contributed by atoms with Gasteiger partial charge in [0.2, 0.25) is 5.91 Å². The fourth-order valence-electron chi connectivity index (χ4n) is 2.11. The molecule has 0 bridgehead atoms. The third kappa shape index (κ3) is 4.89. The minimum absolute atomic E-state index is 0.112. The molecule has 6 heteroatoms. The highest BCUT2D eigenvalue weighted by Crippen LogP contribution is 2.16. The highest BCUT2D eigenvalue weighted by atomic mass is 19.1. The number of halogens is 1. The number of anilines is 2. The van der Waals surface area contributed by atoms with Gasteiger partial charge in [-0.2, -0.15) is 0 Å². The molecule has 0 spiro atoms. The van der Waals surface area contributed by atoms with Crippen molar-refractivity contribution in [1.29, 1.82) is 0 Å². The monoisotopic (exact) mass is 329 g/mol. The Morgan fingerprint density at radius 2 is 1.58 bits per heavy atom. The summed E-state index contributed by atoms with van der Waals surface area (Å²) >= 11 is 0. The first-order valence-corrected chi connectivity index (χ1v) is 7.47. The predicted molar refractivity (Wildman–Crippen MR) is 92.7 cm³/mol. The Morgan fingerprint density at radius 1 is 1.00 bits per heavy atom. The summed E-state index contributed by atoms with van der Waals surface area (Å²) in [6.45, 7) is 1.90. The van der Waals surface area contributed by atoms with E-state index in [1.807, 2.05) is 14.1 Å². The number of likely N-dealkylation sites (N-methyl/N-ethyl adjacent to an activating group) is 1. The van der Waals surface area contributed by atoms with Gasteiger partial charge in [-0.1, -0.05) is 0 Å². The van der Waals surface area contributed by atoms with Crippen LogP contribution in [0.1, 0.15) is 15.9 Å². The maximum Gasteiger partial charge on any atom is 0.255 e. The van der Waals surface area contributed by atoms with Crippen molar-refractivity contribution in [2.24, 2.45) is 0 Å². The second-order valence-electron chi connectivity index (χ2n) is 5.78. The molecule has 24 heavy (non-hydrogen) atoms. The van der Waals surface area contributed by atoms with Gasteiger partial charge in [0.25, 0.3) is 5.91 Å². The van der Waals surface area contributed by atoms with Gasteiger partial charge in [-0.3, -0.25) is 9.59 Å². The quantitative estimate of drug-likeness (QED) is 0.887. The van der Waals surface area contributed by atoms with Crippen LogP contribution >= 0.6 is 0 Å². The highest BCUT2D eigenvalue weighted by molar-refractivity contribution is 6.04. The molecule has 126 valence electrons. The molecule has 2 N–H and O–H groups in total. The number of nitrogens with one attached hydrogen (secondary N) is 2. The van der Waals surface area contributed by atoms with Crippen molar-refractivity contribution in [3.05, 3.63) is 59.4 Å². The van der Waals surface area contributed by atoms with Crippen LogP contribution in [0.4, 0.5) is 15.8 Å². The van der Waals surface area contributed by atoms with E-state index in [-0.39, 0.29) is 17.6 Å². The van der Waals surface area contributed by atoms with Gasteiger partial charge >= 0.3 is 0 Å². The van der Waals surface area contributed by atoms with Crippen molar-refractivity contribution in [1.82, 2.24) is 4.90 Å². The van der Waals surface area contributed by atoms with Crippen molar-refractivity contribution in [3.8, 4) is 0 Å². The van der Waals surface area contributed by atoms with E-state index < -0.39 is 0 Å². The van der Waals surface area contributed by atoms with Crippen LogP contribution in [0.25, 0.3) is 0 Å². The van der Waals surface area contributed by atoms with Crippen LogP contribution in [0.5, 0.6) is 0 Å². The second-order valence-corrected chi connectivity index (χ2v) is 5.78. The van der Waals surface area contributed by atoms with Crippen LogP contribution in [-0.4, -0.2) is 37.4 Å². The SMILES string of the molecule is Cc1cc(C(=O)Nc2ccc(NC(=O)CN(C)C)cc2)ccc1F. The number of hydrogen-bond donors (Lipinski definition) is 2. The van der Waals surface area contributed by atoms with E-state index in [1.165, 1.54) is 18.2 Å². The summed E-state index contributed by atoms with van der Waals surface area (Å²) in [7, 11) is 3.63. The van der Waals surface area contributed by atoms with Crippen LogP contribution in [-0.2, 0) is 4.79 Å². The Balaban J connectivity index is 1.99. The van der Waals surface area contributed by atoms with Gasteiger partial charge in [-0.05, 0) is 69.0 Å². The van der Waals surface area contributed by atoms with E-state index in [4.69, 9.17) is 0 Å². The zero-order valence-electron chi connectivity index (χ0n) is 13.9. The molecule has 0 fully saturated rings. The smallest absolute Gasteiger partial charge is 0.255 e. The highest BCUT2D eigenvalue weighted by Gasteiger charge is 2.09. The molecule has 0 heterocycles. The third-order valence-corrected chi connectivity index (χ3v) is 3.31. The van der Waals surface area contributed by atoms with Gasteiger partial charge in [-0.25, -0.2) is 4.39 Å². The molecule has 2 aromatic rings. The predicted octanol–water partition coefficient (Wildman–Crippen LogP) is 2.89. The average molecular weight is 329 g/mol. The number of amides is 2. The Bertz CT molecular complexity index is 742. The normalized spacial score (nSPS) is 10.5. The summed E-state index contributed by atoms with van der Waals surface area (Å²) in [4.78, 5) is 25.6. The molecule has 2 aromatic carbocycles. The zero-order valence-corrected chi connectivity index (χ0v) is 13.9. The lowest BCUT2D eigenvalue weighted by Crippen LogP contribution is -2.27. The van der Waals surface area contributed by atoms with Crippen LogP contribution in [0, 0.1) is 12.7 Å². The molecule has 0 atom stereocenters. The number of nitrogens with zero attached hydrogens (tertiary/aromatic N) is 1. The van der Waals surface area contributed by atoms with Crippen LogP contribution in [0.3, 0.4) is 0 Å². The van der Waals surface area contributed by atoms with Crippen molar-refractivity contribution in [2.45, 2.75) is 6.92 Å². The van der Waals surface area contributed by atoms with Gasteiger partial charge in [0, 0.05) is 16.9 Å². The minimum atomic E-state index is -0.343. The molecule has 0 aliphatic rings. The maximum absolute atomic E-state index is 13.2. The second kappa shape index (κ2) is 7.70. The summed E-state index contributed by atoms with van der Waals surface area (Å²) < 4.78 is 13.2. The summed E-state index contributed by atoms with van der Waals surface area (Å²) in [5.41, 5.74) is 2.05. The molecule has 0 aromatic heterocycles. The van der Waals surface area contributed by atoms with E-state index >= 15 is 0 Å². The first-order valence-electron chi connectivity index (χ1n) is 7.47. The van der Waals surface area contributed by atoms with Crippen molar-refractivity contribution in [2.75, 3.05) is 31.3 Å². The van der Waals surface area contributed by atoms with Gasteiger partial charge in [0.1, 0.15) is 5.82 Å². The van der Waals surface area contributed by atoms with Crippen molar-refractivity contribution >= 4 is 23.2 Å². The third-order valence-electron chi connectivity index (χ3n) is 3.31. The van der Waals surface area contributed by atoms with Crippen LogP contribution in [0.2, 0.25) is 0 Å². The summed E-state index contributed by atoms with van der Waals surface area (Å²) in [5.74, 6) is -0.773. The number of benzene rings is 2. The number of aryl methyl sites for hydroxylation is 1. The van der Waals surface area contributed by atoms with E-state index in [9.17, 15) is 14.0 Å². The number of rotatable bonds is 5. The van der Waals surface area contributed by atoms with E-state index in [1.54, 1.807) is 36.1 Å². The first kappa shape index (κ1) is 17.6. The minimum Gasteiger partial charge on any atom is -0.325 e. The Labute approximate surface area is 140 Å². The molecule has 0 aliphatic heterocycles. The van der Waals surface area contributed by atoms with Gasteiger partial charge in [0.05, 0.1) is 6.54 Å². The maximum atomic E-state index is 13.2. The molecule has 0 unspecified atom stereocenters. The molecular formula is C18H20FN3O2. The van der Waals surface area contributed by atoms with Crippen LogP contribution in [0.15, 0.2) is 42.5 Å². The lowest BCUT2D eigenvalue weighted by atomic mass is 10.1. The fourth-order valence-corrected chi connectivity index (χ4v) is 2.11. The van der Waals surface area contributed by atoms with Crippen molar-refractivity contribution in [3.63, 3.8) is 0 Å². The van der Waals surface area contributed by atoms with E-state index in [0.717, 1.165) is 0 Å². The molecule has 0 saturated carbocycles. The summed E-state index contributed by atoms with van der Waals surface area (Å²) in [6.07, 6.45) is 0. The number of carbonyl (C=O) groups excluding carboxylic acids is 2.